The first-order valence-electron chi connectivity index (χ1n) is 12.0. The van der Waals surface area contributed by atoms with Crippen molar-refractivity contribution in [3.05, 3.63) is 72.4 Å². The monoisotopic (exact) mass is 504 g/mol. The second-order valence-corrected chi connectivity index (χ2v) is 9.28. The molecular weight excluding hydrogens is 476 g/mol. The lowest BCUT2D eigenvalue weighted by Gasteiger charge is -2.55. The molecule has 11 nitrogen and oxygen atoms in total. The summed E-state index contributed by atoms with van der Waals surface area (Å²) in [6.45, 7) is 5.58. The highest BCUT2D eigenvalue weighted by Gasteiger charge is 2.52. The zero-order valence-corrected chi connectivity index (χ0v) is 20.3. The molecule has 3 N–H and O–H groups in total. The van der Waals surface area contributed by atoms with Crippen LogP contribution in [-0.4, -0.2) is 90.0 Å². The van der Waals surface area contributed by atoms with Crippen molar-refractivity contribution < 1.29 is 24.6 Å². The summed E-state index contributed by atoms with van der Waals surface area (Å²) in [5.74, 6) is -0.509. The Bertz CT molecular complexity index is 1360. The highest BCUT2D eigenvalue weighted by Crippen LogP contribution is 2.34. The Hall–Kier alpha value is -4.38. The van der Waals surface area contributed by atoms with Gasteiger partial charge in [0.2, 0.25) is 11.8 Å². The number of aromatic amines is 1. The number of carboxylic acid groups (broad SMARTS) is 1. The molecule has 2 aromatic carbocycles. The predicted molar refractivity (Wildman–Crippen MR) is 134 cm³/mol. The van der Waals surface area contributed by atoms with Gasteiger partial charge in [-0.25, -0.2) is 14.8 Å². The maximum atomic E-state index is 14.0. The molecule has 0 bridgehead atoms. The van der Waals surface area contributed by atoms with Crippen molar-refractivity contribution in [2.45, 2.75) is 31.6 Å². The van der Waals surface area contributed by atoms with Crippen LogP contribution in [0.2, 0.25) is 0 Å². The van der Waals surface area contributed by atoms with Crippen LogP contribution in [0.25, 0.3) is 10.9 Å². The number of nitrogens with zero attached hydrogens (tertiary/aromatic N) is 5. The molecule has 3 unspecified atom stereocenters. The van der Waals surface area contributed by atoms with Gasteiger partial charge in [0.25, 0.3) is 0 Å². The van der Waals surface area contributed by atoms with E-state index in [0.717, 1.165) is 27.0 Å². The number of aromatic hydroxyl groups is 1. The normalized spacial score (nSPS) is 21.3. The molecule has 3 aromatic rings. The number of hydrogen-bond acceptors (Lipinski definition) is 6. The second-order valence-electron chi connectivity index (χ2n) is 9.28. The van der Waals surface area contributed by atoms with E-state index >= 15 is 0 Å². The number of phenolic OH excluding ortho intramolecular Hbond substituents is 1. The van der Waals surface area contributed by atoms with Crippen LogP contribution in [0.3, 0.4) is 0 Å². The minimum Gasteiger partial charge on any atom is -0.508 e. The number of rotatable bonds is 6. The quantitative estimate of drug-likeness (QED) is 0.439. The number of piperazine rings is 1. The van der Waals surface area contributed by atoms with Crippen molar-refractivity contribution in [3.63, 3.8) is 0 Å². The molecule has 3 heterocycles. The van der Waals surface area contributed by atoms with Gasteiger partial charge in [-0.3, -0.25) is 14.7 Å². The Balaban J connectivity index is 1.58. The summed E-state index contributed by atoms with van der Waals surface area (Å²) in [5.41, 5.74) is 2.43. The van der Waals surface area contributed by atoms with Crippen LogP contribution in [0, 0.1) is 0 Å². The molecule has 0 radical (unpaired) electrons. The highest BCUT2D eigenvalue weighted by atomic mass is 16.4. The van der Waals surface area contributed by atoms with Crippen LogP contribution in [-0.2, 0) is 16.0 Å². The lowest BCUT2D eigenvalue weighted by Crippen LogP contribution is -2.76. The molecule has 2 fully saturated rings. The van der Waals surface area contributed by atoms with Crippen LogP contribution in [0.15, 0.2) is 61.3 Å². The van der Waals surface area contributed by atoms with Crippen molar-refractivity contribution >= 4 is 28.8 Å². The second kappa shape index (κ2) is 9.58. The van der Waals surface area contributed by atoms with Gasteiger partial charge in [-0.15, -0.1) is 6.58 Å². The molecule has 11 heteroatoms. The van der Waals surface area contributed by atoms with E-state index in [1.54, 1.807) is 29.3 Å². The van der Waals surface area contributed by atoms with E-state index in [1.165, 1.54) is 22.0 Å². The summed E-state index contributed by atoms with van der Waals surface area (Å²) in [6, 6.07) is 10.8. The van der Waals surface area contributed by atoms with Crippen molar-refractivity contribution in [3.8, 4) is 5.75 Å². The van der Waals surface area contributed by atoms with Gasteiger partial charge in [0.05, 0.1) is 30.8 Å². The number of aromatic nitrogens is 2. The zero-order chi connectivity index (χ0) is 26.3. The first-order valence-corrected chi connectivity index (χ1v) is 12.0. The van der Waals surface area contributed by atoms with Gasteiger partial charge < -0.3 is 20.0 Å². The van der Waals surface area contributed by atoms with Crippen molar-refractivity contribution in [1.29, 1.82) is 0 Å². The molecule has 0 saturated carbocycles. The molecule has 2 aliphatic heterocycles. The van der Waals surface area contributed by atoms with E-state index in [9.17, 15) is 24.6 Å². The van der Waals surface area contributed by atoms with Crippen molar-refractivity contribution in [2.75, 3.05) is 19.6 Å². The predicted octanol–water partition coefficient (Wildman–Crippen LogP) is 2.33. The molecule has 37 heavy (non-hydrogen) atoms. The molecular formula is C26H28N6O5. The van der Waals surface area contributed by atoms with Gasteiger partial charge >= 0.3 is 6.09 Å². The number of nitrogens with one attached hydrogen (secondary N) is 1. The molecule has 0 aliphatic carbocycles. The Morgan fingerprint density at radius 1 is 1.24 bits per heavy atom. The fraction of sp³-hybridized carbons (Fsp3) is 0.308. The van der Waals surface area contributed by atoms with Crippen LogP contribution >= 0.6 is 0 Å². The van der Waals surface area contributed by atoms with Crippen molar-refractivity contribution in [2.24, 2.45) is 0 Å². The van der Waals surface area contributed by atoms with Gasteiger partial charge in [-0.1, -0.05) is 30.3 Å². The Morgan fingerprint density at radius 2 is 2.00 bits per heavy atom. The minimum atomic E-state index is -1.22. The van der Waals surface area contributed by atoms with Gasteiger partial charge in [-0.05, 0) is 36.2 Å². The zero-order valence-electron chi connectivity index (χ0n) is 20.3. The highest BCUT2D eigenvalue weighted by molar-refractivity contribution is 5.92. The SMILES string of the molecule is C=CCN1CC(=O)N2C(Cc3ccc(O)cc3)C(=O)N(C(C)c3cccc4[nH]ncc34)CC2N1C(=O)O. The number of fused-ring (bicyclic) bond motifs is 2. The summed E-state index contributed by atoms with van der Waals surface area (Å²) >= 11 is 0. The van der Waals surface area contributed by atoms with Gasteiger partial charge in [0, 0.05) is 18.4 Å². The number of phenols is 1. The summed E-state index contributed by atoms with van der Waals surface area (Å²) in [5, 5.41) is 30.4. The summed E-state index contributed by atoms with van der Waals surface area (Å²) in [6.07, 6.45) is 1.29. The summed E-state index contributed by atoms with van der Waals surface area (Å²) in [4.78, 5) is 42.9. The minimum absolute atomic E-state index is 0.00595. The van der Waals surface area contributed by atoms with Crippen LogP contribution < -0.4 is 0 Å². The van der Waals surface area contributed by atoms with Gasteiger partial charge in [0.15, 0.2) is 0 Å². The summed E-state index contributed by atoms with van der Waals surface area (Å²) < 4.78 is 0. The Kier molecular flexibility index (Phi) is 6.30. The lowest BCUT2D eigenvalue weighted by atomic mass is 9.95. The van der Waals surface area contributed by atoms with Crippen LogP contribution in [0.1, 0.15) is 24.1 Å². The third-order valence-corrected chi connectivity index (χ3v) is 7.12. The van der Waals surface area contributed by atoms with E-state index in [4.69, 9.17) is 0 Å². The third-order valence-electron chi connectivity index (χ3n) is 7.12. The number of carbonyl (C=O) groups is 3. The molecule has 3 atom stereocenters. The van der Waals surface area contributed by atoms with E-state index in [1.807, 2.05) is 25.1 Å². The smallest absolute Gasteiger partial charge is 0.424 e. The van der Waals surface area contributed by atoms with E-state index in [2.05, 4.69) is 16.8 Å². The molecule has 1 aromatic heterocycles. The molecule has 5 rings (SSSR count). The fourth-order valence-corrected chi connectivity index (χ4v) is 5.37. The molecule has 3 amide bonds. The number of amides is 3. The van der Waals surface area contributed by atoms with E-state index < -0.39 is 24.3 Å². The number of H-pyrrole nitrogens is 1. The average molecular weight is 505 g/mol. The van der Waals surface area contributed by atoms with Gasteiger partial charge in [-0.2, -0.15) is 5.10 Å². The number of hydrogen-bond donors (Lipinski definition) is 3. The van der Waals surface area contributed by atoms with Gasteiger partial charge in [0.1, 0.15) is 18.0 Å². The fourth-order valence-electron chi connectivity index (χ4n) is 5.37. The maximum Gasteiger partial charge on any atom is 0.424 e. The van der Waals surface area contributed by atoms with Crippen LogP contribution in [0.4, 0.5) is 4.79 Å². The first-order chi connectivity index (χ1) is 17.8. The maximum absolute atomic E-state index is 14.0. The molecule has 0 spiro atoms. The summed E-state index contributed by atoms with van der Waals surface area (Å²) in [7, 11) is 0. The Labute approximate surface area is 213 Å². The molecule has 192 valence electrons. The van der Waals surface area contributed by atoms with Crippen LogP contribution in [0.5, 0.6) is 5.75 Å². The first kappa shape index (κ1) is 24.3. The van der Waals surface area contributed by atoms with E-state index in [0.29, 0.717) is 0 Å². The van der Waals surface area contributed by atoms with Crippen molar-refractivity contribution in [1.82, 2.24) is 30.0 Å². The van der Waals surface area contributed by atoms with E-state index in [-0.39, 0.29) is 43.6 Å². The standard InChI is InChI=1S/C26H28N6O5/c1-3-11-29-15-24(34)31-22(12-17-7-9-18(33)10-8-17)25(35)30(14-23(31)32(29)26(36)37)16(2)19-5-4-6-21-20(19)13-27-28-21/h3-10,13,16,22-23,33H,1,11-12,14-15H2,2H3,(H,27,28)(H,36,37). The largest absolute Gasteiger partial charge is 0.508 e. The lowest BCUT2D eigenvalue weighted by molar-refractivity contribution is -0.193. The number of carbonyl (C=O) groups excluding carboxylic acids is 2. The molecule has 2 saturated heterocycles. The number of hydrazine groups is 1. The number of benzene rings is 2. The Morgan fingerprint density at radius 3 is 2.70 bits per heavy atom. The molecule has 2 aliphatic rings. The topological polar surface area (TPSA) is 133 Å². The third kappa shape index (κ3) is 4.27. The average Bonchev–Trinajstić information content (AvgIpc) is 3.35.